The Kier molecular flexibility index (Phi) is 7.78. The first-order chi connectivity index (χ1) is 15.8. The molecule has 3 N–H and O–H groups in total. The maximum atomic E-state index is 12.8. The molecule has 2 aromatic carbocycles. The van der Waals surface area contributed by atoms with Crippen molar-refractivity contribution >= 4 is 33.3 Å². The van der Waals surface area contributed by atoms with E-state index in [1.54, 1.807) is 72.9 Å². The molecular formula is C24H26N4O4S. The van der Waals surface area contributed by atoms with Gasteiger partial charge in [0.2, 0.25) is 5.91 Å². The number of anilines is 2. The summed E-state index contributed by atoms with van der Waals surface area (Å²) in [7, 11) is -3.38. The standard InChI is InChI=1S/C24H26N4O4S/c1-3-8-20(27-24(30)28-22-11-6-7-16-25-22)23(29)26-18-14-12-17(13-15-18)19-9-4-5-10-21(19)33(2,31)32/h4-7,9-16,20H,3,8H2,1-2H3,(H,26,29)(H2,25,27,28,30)/t20-/m0/s1. The molecular weight excluding hydrogens is 440 g/mol. The molecule has 3 rings (SSSR count). The number of nitrogens with zero attached hydrogens (tertiary/aromatic N) is 1. The molecule has 0 aliphatic rings. The topological polar surface area (TPSA) is 117 Å². The Morgan fingerprint density at radius 2 is 1.64 bits per heavy atom. The van der Waals surface area contributed by atoms with Crippen LogP contribution in [-0.4, -0.2) is 37.6 Å². The second kappa shape index (κ2) is 10.7. The minimum absolute atomic E-state index is 0.243. The summed E-state index contributed by atoms with van der Waals surface area (Å²) in [5.41, 5.74) is 1.84. The summed E-state index contributed by atoms with van der Waals surface area (Å²) in [6.07, 6.45) is 3.89. The highest BCUT2D eigenvalue weighted by atomic mass is 32.2. The van der Waals surface area contributed by atoms with E-state index in [1.807, 2.05) is 6.92 Å². The lowest BCUT2D eigenvalue weighted by molar-refractivity contribution is -0.118. The van der Waals surface area contributed by atoms with Gasteiger partial charge in [0.15, 0.2) is 9.84 Å². The van der Waals surface area contributed by atoms with Crippen molar-refractivity contribution in [2.45, 2.75) is 30.7 Å². The molecule has 172 valence electrons. The molecule has 0 fully saturated rings. The van der Waals surface area contributed by atoms with Crippen LogP contribution in [0.25, 0.3) is 11.1 Å². The van der Waals surface area contributed by atoms with E-state index in [4.69, 9.17) is 0 Å². The molecule has 0 unspecified atom stereocenters. The number of urea groups is 1. The van der Waals surface area contributed by atoms with Gasteiger partial charge in [0.1, 0.15) is 11.9 Å². The van der Waals surface area contributed by atoms with E-state index in [-0.39, 0.29) is 10.8 Å². The number of carbonyl (C=O) groups is 2. The van der Waals surface area contributed by atoms with E-state index in [0.717, 1.165) is 0 Å². The van der Waals surface area contributed by atoms with Crippen molar-refractivity contribution in [2.75, 3.05) is 16.9 Å². The molecule has 1 aromatic heterocycles. The summed E-state index contributed by atoms with van der Waals surface area (Å²) in [4.78, 5) is 29.3. The first kappa shape index (κ1) is 23.9. The maximum Gasteiger partial charge on any atom is 0.321 e. The predicted octanol–water partition coefficient (Wildman–Crippen LogP) is 4.08. The van der Waals surface area contributed by atoms with E-state index < -0.39 is 21.9 Å². The Balaban J connectivity index is 1.69. The zero-order valence-corrected chi connectivity index (χ0v) is 19.2. The van der Waals surface area contributed by atoms with Crippen LogP contribution in [0.4, 0.5) is 16.3 Å². The van der Waals surface area contributed by atoms with Crippen molar-refractivity contribution < 1.29 is 18.0 Å². The molecule has 0 aliphatic heterocycles. The third kappa shape index (κ3) is 6.63. The zero-order chi connectivity index (χ0) is 23.8. The second-order valence-corrected chi connectivity index (χ2v) is 9.47. The number of hydrogen-bond acceptors (Lipinski definition) is 5. The van der Waals surface area contributed by atoms with Crippen LogP contribution in [0.2, 0.25) is 0 Å². The summed E-state index contributed by atoms with van der Waals surface area (Å²) in [6, 6.07) is 17.5. The Bertz CT molecular complexity index is 1210. The SMILES string of the molecule is CCC[C@H](NC(=O)Nc1ccccn1)C(=O)Nc1ccc(-c2ccccc2S(C)(=O)=O)cc1. The van der Waals surface area contributed by atoms with E-state index in [1.165, 1.54) is 6.26 Å². The van der Waals surface area contributed by atoms with Crippen molar-refractivity contribution in [3.05, 3.63) is 72.9 Å². The number of aromatic nitrogens is 1. The Morgan fingerprint density at radius 1 is 0.939 bits per heavy atom. The van der Waals surface area contributed by atoms with Gasteiger partial charge in [-0.1, -0.05) is 49.7 Å². The minimum Gasteiger partial charge on any atom is -0.326 e. The van der Waals surface area contributed by atoms with Crippen molar-refractivity contribution in [1.29, 1.82) is 0 Å². The molecule has 0 spiro atoms. The van der Waals surface area contributed by atoms with Gasteiger partial charge in [-0.15, -0.1) is 0 Å². The number of rotatable bonds is 8. The summed E-state index contributed by atoms with van der Waals surface area (Å²) in [6.45, 7) is 1.92. The van der Waals surface area contributed by atoms with Crippen molar-refractivity contribution in [3.63, 3.8) is 0 Å². The molecule has 0 saturated carbocycles. The van der Waals surface area contributed by atoms with Gasteiger partial charge in [-0.2, -0.15) is 0 Å². The van der Waals surface area contributed by atoms with Crippen molar-refractivity contribution in [1.82, 2.24) is 10.3 Å². The van der Waals surface area contributed by atoms with Gasteiger partial charge in [0.25, 0.3) is 0 Å². The van der Waals surface area contributed by atoms with Gasteiger partial charge >= 0.3 is 6.03 Å². The quantitative estimate of drug-likeness (QED) is 0.462. The van der Waals surface area contributed by atoms with Gasteiger partial charge in [0, 0.05) is 23.7 Å². The summed E-state index contributed by atoms with van der Waals surface area (Å²) in [5, 5.41) is 8.09. The first-order valence-electron chi connectivity index (χ1n) is 10.5. The first-order valence-corrected chi connectivity index (χ1v) is 12.4. The maximum absolute atomic E-state index is 12.8. The number of benzene rings is 2. The number of amides is 3. The molecule has 0 bridgehead atoms. The van der Waals surface area contributed by atoms with Gasteiger partial charge in [-0.3, -0.25) is 10.1 Å². The number of nitrogens with one attached hydrogen (secondary N) is 3. The van der Waals surface area contributed by atoms with E-state index in [0.29, 0.717) is 35.5 Å². The molecule has 0 saturated heterocycles. The lowest BCUT2D eigenvalue weighted by atomic mass is 10.1. The van der Waals surface area contributed by atoms with Crippen LogP contribution in [0.3, 0.4) is 0 Å². The molecule has 1 heterocycles. The van der Waals surface area contributed by atoms with Gasteiger partial charge in [-0.05, 0) is 42.3 Å². The number of sulfone groups is 1. The third-order valence-electron chi connectivity index (χ3n) is 4.86. The molecule has 9 heteroatoms. The van der Waals surface area contributed by atoms with Crippen LogP contribution >= 0.6 is 0 Å². The molecule has 0 radical (unpaired) electrons. The Labute approximate surface area is 193 Å². The fourth-order valence-electron chi connectivity index (χ4n) is 3.30. The Morgan fingerprint density at radius 3 is 2.27 bits per heavy atom. The van der Waals surface area contributed by atoms with Gasteiger partial charge < -0.3 is 10.6 Å². The lowest BCUT2D eigenvalue weighted by Gasteiger charge is -2.18. The van der Waals surface area contributed by atoms with Crippen LogP contribution in [-0.2, 0) is 14.6 Å². The lowest BCUT2D eigenvalue weighted by Crippen LogP contribution is -2.45. The van der Waals surface area contributed by atoms with Crippen LogP contribution in [0, 0.1) is 0 Å². The summed E-state index contributed by atoms with van der Waals surface area (Å²) in [5.74, 6) is 0.0351. The average molecular weight is 467 g/mol. The highest BCUT2D eigenvalue weighted by Gasteiger charge is 2.20. The normalized spacial score (nSPS) is 11.9. The largest absolute Gasteiger partial charge is 0.326 e. The molecule has 33 heavy (non-hydrogen) atoms. The number of pyridine rings is 1. The van der Waals surface area contributed by atoms with Gasteiger partial charge in [-0.25, -0.2) is 18.2 Å². The molecule has 1 atom stereocenters. The highest BCUT2D eigenvalue weighted by Crippen LogP contribution is 2.28. The monoisotopic (exact) mass is 466 g/mol. The minimum atomic E-state index is -3.38. The fourth-order valence-corrected chi connectivity index (χ4v) is 4.21. The Hall–Kier alpha value is -3.72. The zero-order valence-electron chi connectivity index (χ0n) is 18.4. The smallest absolute Gasteiger partial charge is 0.321 e. The number of hydrogen-bond donors (Lipinski definition) is 3. The highest BCUT2D eigenvalue weighted by molar-refractivity contribution is 7.90. The molecule has 0 aliphatic carbocycles. The molecule has 3 amide bonds. The van der Waals surface area contributed by atoms with E-state index >= 15 is 0 Å². The van der Waals surface area contributed by atoms with Crippen molar-refractivity contribution in [2.24, 2.45) is 0 Å². The van der Waals surface area contributed by atoms with Gasteiger partial charge in [0.05, 0.1) is 4.90 Å². The molecule has 8 nitrogen and oxygen atoms in total. The molecule has 3 aromatic rings. The third-order valence-corrected chi connectivity index (χ3v) is 6.01. The second-order valence-electron chi connectivity index (χ2n) is 7.49. The van der Waals surface area contributed by atoms with E-state index in [9.17, 15) is 18.0 Å². The predicted molar refractivity (Wildman–Crippen MR) is 129 cm³/mol. The van der Waals surface area contributed by atoms with Crippen LogP contribution in [0.1, 0.15) is 19.8 Å². The van der Waals surface area contributed by atoms with Crippen LogP contribution < -0.4 is 16.0 Å². The summed E-state index contributed by atoms with van der Waals surface area (Å²) >= 11 is 0. The number of carbonyl (C=O) groups excluding carboxylic acids is 2. The van der Waals surface area contributed by atoms with Crippen molar-refractivity contribution in [3.8, 4) is 11.1 Å². The summed E-state index contributed by atoms with van der Waals surface area (Å²) < 4.78 is 24.2. The van der Waals surface area contributed by atoms with Crippen LogP contribution in [0.5, 0.6) is 0 Å². The van der Waals surface area contributed by atoms with Crippen LogP contribution in [0.15, 0.2) is 77.8 Å². The average Bonchev–Trinajstić information content (AvgIpc) is 2.79. The fraction of sp³-hybridized carbons (Fsp3) is 0.208. The van der Waals surface area contributed by atoms with E-state index in [2.05, 4.69) is 20.9 Å².